The lowest BCUT2D eigenvalue weighted by Crippen LogP contribution is -2.27. The number of nitrogens with one attached hydrogen (secondary N) is 2. The van der Waals surface area contributed by atoms with Crippen molar-refractivity contribution in [2.24, 2.45) is 0 Å². The average molecular weight is 316 g/mol. The maximum Gasteiger partial charge on any atom is 0.268 e. The summed E-state index contributed by atoms with van der Waals surface area (Å²) in [5, 5.41) is 2.88. The second-order valence-electron chi connectivity index (χ2n) is 5.15. The topological polar surface area (TPSA) is 80.4 Å². The molecule has 1 unspecified atom stereocenters. The molecule has 6 heteroatoms. The lowest BCUT2D eigenvalue weighted by molar-refractivity contribution is 0.0935. The minimum atomic E-state index is -0.278. The van der Waals surface area contributed by atoms with Gasteiger partial charge in [0.05, 0.1) is 26.0 Å². The van der Waals surface area contributed by atoms with Gasteiger partial charge in [0.15, 0.2) is 17.3 Å². The molecule has 1 atom stereocenters. The number of H-pyrrole nitrogens is 1. The van der Waals surface area contributed by atoms with Crippen molar-refractivity contribution in [3.63, 3.8) is 0 Å². The minimum Gasteiger partial charge on any atom is -0.493 e. The second-order valence-corrected chi connectivity index (χ2v) is 5.15. The molecule has 23 heavy (non-hydrogen) atoms. The van der Waals surface area contributed by atoms with E-state index in [0.717, 1.165) is 5.56 Å². The van der Waals surface area contributed by atoms with Gasteiger partial charge >= 0.3 is 0 Å². The van der Waals surface area contributed by atoms with Gasteiger partial charge in [0.1, 0.15) is 5.69 Å². The van der Waals surface area contributed by atoms with Crippen LogP contribution in [0.5, 0.6) is 11.5 Å². The fourth-order valence-corrected chi connectivity index (χ4v) is 2.21. The Labute approximate surface area is 134 Å². The minimum absolute atomic E-state index is 0.114. The van der Waals surface area contributed by atoms with E-state index in [4.69, 9.17) is 9.47 Å². The van der Waals surface area contributed by atoms with Gasteiger partial charge in [0.2, 0.25) is 0 Å². The highest BCUT2D eigenvalue weighted by Gasteiger charge is 2.15. The molecule has 2 rings (SSSR count). The number of aromatic amines is 1. The Bertz CT molecular complexity index is 721. The Kier molecular flexibility index (Phi) is 5.05. The summed E-state index contributed by atoms with van der Waals surface area (Å²) >= 11 is 0. The summed E-state index contributed by atoms with van der Waals surface area (Å²) in [6, 6.07) is 8.43. The zero-order valence-electron chi connectivity index (χ0n) is 13.6. The van der Waals surface area contributed by atoms with E-state index in [-0.39, 0.29) is 17.7 Å². The summed E-state index contributed by atoms with van der Waals surface area (Å²) in [5.74, 6) is 0.840. The lowest BCUT2D eigenvalue weighted by Gasteiger charge is -2.16. The molecule has 2 aromatic rings. The molecule has 0 radical (unpaired) electrons. The third-order valence-electron chi connectivity index (χ3n) is 3.57. The van der Waals surface area contributed by atoms with Crippen LogP contribution in [0.15, 0.2) is 30.3 Å². The van der Waals surface area contributed by atoms with Crippen molar-refractivity contribution in [1.82, 2.24) is 10.3 Å². The molecule has 1 heterocycles. The van der Waals surface area contributed by atoms with Crippen molar-refractivity contribution in [2.45, 2.75) is 19.9 Å². The van der Waals surface area contributed by atoms with Gasteiger partial charge in [-0.1, -0.05) is 6.07 Å². The van der Waals surface area contributed by atoms with Crippen LogP contribution in [0.4, 0.5) is 0 Å². The molecular weight excluding hydrogens is 296 g/mol. The van der Waals surface area contributed by atoms with Crippen molar-refractivity contribution in [3.05, 3.63) is 47.3 Å². The molecule has 2 N–H and O–H groups in total. The van der Waals surface area contributed by atoms with E-state index in [1.807, 2.05) is 19.1 Å². The van der Waals surface area contributed by atoms with Crippen LogP contribution in [0.25, 0.3) is 0 Å². The number of rotatable bonds is 6. The van der Waals surface area contributed by atoms with Crippen LogP contribution in [0.3, 0.4) is 0 Å². The molecule has 0 aliphatic heterocycles. The summed E-state index contributed by atoms with van der Waals surface area (Å²) in [5.41, 5.74) is 1.64. The predicted octanol–water partition coefficient (Wildman–Crippen LogP) is 2.73. The molecule has 0 saturated carbocycles. The molecule has 122 valence electrons. The van der Waals surface area contributed by atoms with Crippen LogP contribution in [0.2, 0.25) is 0 Å². The van der Waals surface area contributed by atoms with E-state index in [1.54, 1.807) is 32.4 Å². The lowest BCUT2D eigenvalue weighted by atomic mass is 10.1. The highest BCUT2D eigenvalue weighted by molar-refractivity contribution is 5.97. The van der Waals surface area contributed by atoms with Crippen LogP contribution in [-0.2, 0) is 0 Å². The highest BCUT2D eigenvalue weighted by atomic mass is 16.5. The van der Waals surface area contributed by atoms with E-state index in [1.165, 1.54) is 6.92 Å². The number of benzene rings is 1. The average Bonchev–Trinajstić information content (AvgIpc) is 3.04. The van der Waals surface area contributed by atoms with Gasteiger partial charge in [0.25, 0.3) is 5.91 Å². The van der Waals surface area contributed by atoms with Crippen molar-refractivity contribution in [3.8, 4) is 11.5 Å². The Balaban J connectivity index is 2.12. The Morgan fingerprint density at radius 2 is 1.70 bits per heavy atom. The molecule has 0 aliphatic rings. The van der Waals surface area contributed by atoms with Crippen LogP contribution < -0.4 is 14.8 Å². The first kappa shape index (κ1) is 16.6. The normalized spacial score (nSPS) is 11.7. The van der Waals surface area contributed by atoms with Gasteiger partial charge in [-0.2, -0.15) is 0 Å². The van der Waals surface area contributed by atoms with Crippen LogP contribution in [0.1, 0.15) is 46.4 Å². The van der Waals surface area contributed by atoms with Crippen molar-refractivity contribution >= 4 is 11.7 Å². The van der Waals surface area contributed by atoms with Gasteiger partial charge in [0, 0.05) is 6.92 Å². The van der Waals surface area contributed by atoms with Gasteiger partial charge < -0.3 is 19.8 Å². The molecule has 0 aliphatic carbocycles. The summed E-state index contributed by atoms with van der Waals surface area (Å²) in [4.78, 5) is 26.3. The number of methoxy groups -OCH3 is 2. The molecule has 1 amide bonds. The molecule has 0 fully saturated rings. The number of Topliss-reactive ketones (excluding diaryl/α,β-unsaturated/α-hetero) is 1. The Hall–Kier alpha value is -2.76. The van der Waals surface area contributed by atoms with E-state index in [0.29, 0.717) is 22.9 Å². The number of ether oxygens (including phenoxy) is 2. The summed E-state index contributed by atoms with van der Waals surface area (Å²) < 4.78 is 10.5. The number of amides is 1. The molecule has 6 nitrogen and oxygen atoms in total. The van der Waals surface area contributed by atoms with Crippen molar-refractivity contribution in [2.75, 3.05) is 14.2 Å². The number of carbonyl (C=O) groups is 2. The maximum absolute atomic E-state index is 12.2. The Morgan fingerprint density at radius 1 is 1.04 bits per heavy atom. The fourth-order valence-electron chi connectivity index (χ4n) is 2.21. The molecule has 1 aromatic heterocycles. The number of aromatic nitrogens is 1. The summed E-state index contributed by atoms with van der Waals surface area (Å²) in [7, 11) is 3.13. The molecule has 1 aromatic carbocycles. The van der Waals surface area contributed by atoms with Crippen LogP contribution >= 0.6 is 0 Å². The predicted molar refractivity (Wildman–Crippen MR) is 86.2 cm³/mol. The molecule has 0 spiro atoms. The first-order valence-electron chi connectivity index (χ1n) is 7.19. The number of hydrogen-bond acceptors (Lipinski definition) is 4. The van der Waals surface area contributed by atoms with Crippen LogP contribution in [0, 0.1) is 0 Å². The number of carbonyl (C=O) groups excluding carboxylic acids is 2. The second kappa shape index (κ2) is 7.00. The number of hydrogen-bond donors (Lipinski definition) is 2. The molecule has 0 bridgehead atoms. The Morgan fingerprint density at radius 3 is 2.26 bits per heavy atom. The molecular formula is C17H20N2O4. The SMILES string of the molecule is COc1ccc(C(C)NC(=O)c2ccc(C(C)=O)[nH]2)cc1OC. The first-order valence-corrected chi connectivity index (χ1v) is 7.19. The standard InChI is InChI=1S/C17H20N2O4/c1-10(12-5-8-15(22-3)16(9-12)23-4)18-17(21)14-7-6-13(19-14)11(2)20/h5-10,19H,1-4H3,(H,18,21). The zero-order chi connectivity index (χ0) is 17.0. The fraction of sp³-hybridized carbons (Fsp3) is 0.294. The first-order chi connectivity index (χ1) is 11.0. The van der Waals surface area contributed by atoms with E-state index < -0.39 is 0 Å². The largest absolute Gasteiger partial charge is 0.493 e. The summed E-state index contributed by atoms with van der Waals surface area (Å²) in [6.45, 7) is 3.31. The van der Waals surface area contributed by atoms with Gasteiger partial charge in [-0.25, -0.2) is 0 Å². The van der Waals surface area contributed by atoms with E-state index in [2.05, 4.69) is 10.3 Å². The third-order valence-corrected chi connectivity index (χ3v) is 3.57. The quantitative estimate of drug-likeness (QED) is 0.803. The smallest absolute Gasteiger partial charge is 0.268 e. The third kappa shape index (κ3) is 3.71. The van der Waals surface area contributed by atoms with E-state index in [9.17, 15) is 9.59 Å². The van der Waals surface area contributed by atoms with E-state index >= 15 is 0 Å². The van der Waals surface area contributed by atoms with Gasteiger partial charge in [-0.15, -0.1) is 0 Å². The molecule has 0 saturated heterocycles. The van der Waals surface area contributed by atoms with Gasteiger partial charge in [-0.3, -0.25) is 9.59 Å². The monoisotopic (exact) mass is 316 g/mol. The van der Waals surface area contributed by atoms with Crippen molar-refractivity contribution in [1.29, 1.82) is 0 Å². The number of ketones is 1. The van der Waals surface area contributed by atoms with Crippen LogP contribution in [-0.4, -0.2) is 30.9 Å². The highest BCUT2D eigenvalue weighted by Crippen LogP contribution is 2.29. The van der Waals surface area contributed by atoms with Gasteiger partial charge in [-0.05, 0) is 36.8 Å². The van der Waals surface area contributed by atoms with Crippen molar-refractivity contribution < 1.29 is 19.1 Å². The zero-order valence-corrected chi connectivity index (χ0v) is 13.6. The maximum atomic E-state index is 12.2. The summed E-state index contributed by atoms with van der Waals surface area (Å²) in [6.07, 6.45) is 0.